The van der Waals surface area contributed by atoms with Gasteiger partial charge in [0.2, 0.25) is 5.91 Å². The maximum Gasteiger partial charge on any atom is 0.225 e. The average molecular weight is 530 g/mol. The maximum absolute atomic E-state index is 12.6. The Hall–Kier alpha value is -1.71. The van der Waals surface area contributed by atoms with Crippen LogP contribution in [0.1, 0.15) is 37.7 Å². The molecule has 1 saturated heterocycles. The summed E-state index contributed by atoms with van der Waals surface area (Å²) in [5, 5.41) is 6.84. The molecule has 3 rings (SSSR count). The second-order valence-corrected chi connectivity index (χ2v) is 7.82. The first-order valence-electron chi connectivity index (χ1n) is 10.6. The molecule has 168 valence electrons. The van der Waals surface area contributed by atoms with Crippen molar-refractivity contribution in [3.8, 4) is 11.5 Å². The molecule has 2 aliphatic rings. The van der Waals surface area contributed by atoms with Gasteiger partial charge in [0.05, 0.1) is 14.2 Å². The zero-order valence-electron chi connectivity index (χ0n) is 18.3. The molecular weight excluding hydrogens is 495 g/mol. The molecule has 1 aromatic rings. The zero-order chi connectivity index (χ0) is 20.6. The molecule has 1 atom stereocenters. The van der Waals surface area contributed by atoms with Gasteiger partial charge in [0.1, 0.15) is 11.5 Å². The lowest BCUT2D eigenvalue weighted by atomic mass is 10.1. The van der Waals surface area contributed by atoms with Gasteiger partial charge in [-0.05, 0) is 49.4 Å². The highest BCUT2D eigenvalue weighted by Crippen LogP contribution is 2.28. The third-order valence-electron chi connectivity index (χ3n) is 5.94. The van der Waals surface area contributed by atoms with Gasteiger partial charge in [-0.15, -0.1) is 24.0 Å². The highest BCUT2D eigenvalue weighted by Gasteiger charge is 2.32. The van der Waals surface area contributed by atoms with Crippen molar-refractivity contribution in [1.29, 1.82) is 0 Å². The van der Waals surface area contributed by atoms with Crippen LogP contribution in [-0.4, -0.2) is 63.7 Å². The number of amides is 1. The van der Waals surface area contributed by atoms with E-state index in [2.05, 4.69) is 15.6 Å². The molecule has 7 nitrogen and oxygen atoms in total. The quantitative estimate of drug-likeness (QED) is 0.322. The van der Waals surface area contributed by atoms with Crippen molar-refractivity contribution in [2.24, 2.45) is 10.9 Å². The lowest BCUT2D eigenvalue weighted by molar-refractivity contribution is -0.134. The predicted molar refractivity (Wildman–Crippen MR) is 130 cm³/mol. The fraction of sp³-hybridized carbons (Fsp3) is 0.636. The number of carbonyl (C=O) groups excluding carboxylic acids is 1. The van der Waals surface area contributed by atoms with E-state index in [4.69, 9.17) is 9.47 Å². The fourth-order valence-corrected chi connectivity index (χ4v) is 4.29. The summed E-state index contributed by atoms with van der Waals surface area (Å²) in [7, 11) is 5.12. The van der Waals surface area contributed by atoms with Crippen molar-refractivity contribution in [3.63, 3.8) is 0 Å². The van der Waals surface area contributed by atoms with Crippen LogP contribution in [0.4, 0.5) is 0 Å². The first-order chi connectivity index (χ1) is 14.1. The molecule has 0 spiro atoms. The number of guanidine groups is 1. The number of benzene rings is 1. The van der Waals surface area contributed by atoms with Crippen LogP contribution >= 0.6 is 24.0 Å². The molecule has 1 aliphatic carbocycles. The second kappa shape index (κ2) is 12.2. The molecule has 8 heteroatoms. The lowest BCUT2D eigenvalue weighted by Crippen LogP contribution is -2.45. The van der Waals surface area contributed by atoms with Gasteiger partial charge in [0.25, 0.3) is 0 Å². The minimum atomic E-state index is 0. The number of hydrogen-bond acceptors (Lipinski definition) is 4. The Bertz CT molecular complexity index is 722. The fourth-order valence-electron chi connectivity index (χ4n) is 4.29. The van der Waals surface area contributed by atoms with E-state index < -0.39 is 0 Å². The predicted octanol–water partition coefficient (Wildman–Crippen LogP) is 2.82. The molecule has 2 N–H and O–H groups in total. The van der Waals surface area contributed by atoms with Crippen molar-refractivity contribution in [2.75, 3.05) is 40.9 Å². The van der Waals surface area contributed by atoms with Gasteiger partial charge >= 0.3 is 0 Å². The number of halogens is 1. The van der Waals surface area contributed by atoms with Crippen LogP contribution in [0.2, 0.25) is 0 Å². The number of nitrogens with one attached hydrogen (secondary N) is 2. The molecule has 0 radical (unpaired) electrons. The Morgan fingerprint density at radius 1 is 1.20 bits per heavy atom. The first-order valence-corrected chi connectivity index (χ1v) is 10.6. The number of carbonyl (C=O) groups is 1. The van der Waals surface area contributed by atoms with Gasteiger partial charge in [0.15, 0.2) is 5.96 Å². The van der Waals surface area contributed by atoms with E-state index in [1.165, 1.54) is 12.8 Å². The van der Waals surface area contributed by atoms with E-state index >= 15 is 0 Å². The summed E-state index contributed by atoms with van der Waals surface area (Å²) >= 11 is 0. The number of likely N-dealkylation sites (tertiary alicyclic amines) is 1. The van der Waals surface area contributed by atoms with Crippen molar-refractivity contribution >= 4 is 35.8 Å². The van der Waals surface area contributed by atoms with Gasteiger partial charge in [-0.2, -0.15) is 0 Å². The van der Waals surface area contributed by atoms with E-state index in [-0.39, 0.29) is 35.9 Å². The normalized spacial score (nSPS) is 19.4. The molecular formula is C22H35IN4O3. The Morgan fingerprint density at radius 2 is 1.97 bits per heavy atom. The van der Waals surface area contributed by atoms with Gasteiger partial charge in [-0.25, -0.2) is 0 Å². The summed E-state index contributed by atoms with van der Waals surface area (Å²) in [6.07, 6.45) is 6.26. The summed E-state index contributed by atoms with van der Waals surface area (Å²) in [4.78, 5) is 19.0. The third kappa shape index (κ3) is 6.39. The van der Waals surface area contributed by atoms with Crippen LogP contribution in [0, 0.1) is 5.92 Å². The minimum Gasteiger partial charge on any atom is -0.497 e. The van der Waals surface area contributed by atoms with Gasteiger partial charge in [-0.3, -0.25) is 9.79 Å². The molecule has 1 amide bonds. The molecule has 0 bridgehead atoms. The molecule has 30 heavy (non-hydrogen) atoms. The SMILES string of the molecule is CN=C(NCCc1cc(OC)ccc1OC)NC1CCN(C(=O)C2CCCC2)C1.I. The van der Waals surface area contributed by atoms with Crippen LogP contribution in [-0.2, 0) is 11.2 Å². The van der Waals surface area contributed by atoms with Gasteiger partial charge in [-0.1, -0.05) is 12.8 Å². The molecule has 1 heterocycles. The van der Waals surface area contributed by atoms with Crippen LogP contribution in [0.15, 0.2) is 23.2 Å². The Labute approximate surface area is 197 Å². The standard InChI is InChI=1S/C22H34N4O3.HI/c1-23-22(24-12-10-17-14-19(28-2)8-9-20(17)29-3)25-18-11-13-26(15-18)21(27)16-6-4-5-7-16;/h8-9,14,16,18H,4-7,10-13,15H2,1-3H3,(H2,23,24,25);1H. The molecule has 1 aromatic carbocycles. The van der Waals surface area contributed by atoms with E-state index in [0.717, 1.165) is 68.3 Å². The number of rotatable bonds is 7. The molecule has 1 aliphatic heterocycles. The van der Waals surface area contributed by atoms with E-state index in [0.29, 0.717) is 5.91 Å². The number of aliphatic imine (C=N–C) groups is 1. The molecule has 0 aromatic heterocycles. The highest BCUT2D eigenvalue weighted by atomic mass is 127. The summed E-state index contributed by atoms with van der Waals surface area (Å²) in [5.74, 6) is 3.05. The van der Waals surface area contributed by atoms with Crippen LogP contribution in [0.3, 0.4) is 0 Å². The number of methoxy groups -OCH3 is 2. The molecule has 2 fully saturated rings. The van der Waals surface area contributed by atoms with Gasteiger partial charge in [0, 0.05) is 38.6 Å². The number of hydrogen-bond donors (Lipinski definition) is 2. The van der Waals surface area contributed by atoms with Crippen molar-refractivity contribution in [1.82, 2.24) is 15.5 Å². The molecule has 1 unspecified atom stereocenters. The first kappa shape index (κ1) is 24.6. The minimum absolute atomic E-state index is 0. The monoisotopic (exact) mass is 530 g/mol. The zero-order valence-corrected chi connectivity index (χ0v) is 20.6. The Balaban J connectivity index is 0.00000320. The third-order valence-corrected chi connectivity index (χ3v) is 5.94. The van der Waals surface area contributed by atoms with Crippen molar-refractivity contribution in [2.45, 2.75) is 44.6 Å². The van der Waals surface area contributed by atoms with Crippen molar-refractivity contribution in [3.05, 3.63) is 23.8 Å². The van der Waals surface area contributed by atoms with E-state index in [9.17, 15) is 4.79 Å². The Kier molecular flexibility index (Phi) is 10.0. The average Bonchev–Trinajstić information content (AvgIpc) is 3.44. The maximum atomic E-state index is 12.6. The lowest BCUT2D eigenvalue weighted by Gasteiger charge is -2.21. The largest absolute Gasteiger partial charge is 0.497 e. The second-order valence-electron chi connectivity index (χ2n) is 7.82. The number of ether oxygens (including phenoxy) is 2. The van der Waals surface area contributed by atoms with Gasteiger partial charge < -0.3 is 25.0 Å². The van der Waals surface area contributed by atoms with Crippen LogP contribution in [0.25, 0.3) is 0 Å². The topological polar surface area (TPSA) is 75.2 Å². The highest BCUT2D eigenvalue weighted by molar-refractivity contribution is 14.0. The molecule has 1 saturated carbocycles. The van der Waals surface area contributed by atoms with Crippen molar-refractivity contribution < 1.29 is 14.3 Å². The smallest absolute Gasteiger partial charge is 0.225 e. The van der Waals surface area contributed by atoms with Crippen LogP contribution < -0.4 is 20.1 Å². The summed E-state index contributed by atoms with van der Waals surface area (Å²) < 4.78 is 10.8. The summed E-state index contributed by atoms with van der Waals surface area (Å²) in [6.45, 7) is 2.32. The summed E-state index contributed by atoms with van der Waals surface area (Å²) in [6, 6.07) is 6.07. The number of nitrogens with zero attached hydrogens (tertiary/aromatic N) is 2. The van der Waals surface area contributed by atoms with Crippen LogP contribution in [0.5, 0.6) is 11.5 Å². The van der Waals surface area contributed by atoms with E-state index in [1.54, 1.807) is 21.3 Å². The van der Waals surface area contributed by atoms with E-state index in [1.807, 2.05) is 23.1 Å². The Morgan fingerprint density at radius 3 is 2.63 bits per heavy atom. The summed E-state index contributed by atoms with van der Waals surface area (Å²) in [5.41, 5.74) is 1.09.